The molecule has 1 aromatic heterocycles. The monoisotopic (exact) mass is 362 g/mol. The van der Waals surface area contributed by atoms with Crippen LogP contribution in [0.25, 0.3) is 0 Å². The topological polar surface area (TPSA) is 66.4 Å². The van der Waals surface area contributed by atoms with Crippen LogP contribution in [0.15, 0.2) is 41.4 Å². The van der Waals surface area contributed by atoms with Gasteiger partial charge in [0.05, 0.1) is 0 Å². The average Bonchev–Trinajstić information content (AvgIpc) is 3.14. The van der Waals surface area contributed by atoms with Crippen molar-refractivity contribution in [3.63, 3.8) is 0 Å². The summed E-state index contributed by atoms with van der Waals surface area (Å²) in [5, 5.41) is 0. The fraction of sp³-hybridized carbons (Fsp3) is 0.412. The number of hydrogen-bond donors (Lipinski definition) is 0. The molecule has 25 heavy (non-hydrogen) atoms. The molecular formula is C17H19FN4O2S. The second-order valence-electron chi connectivity index (χ2n) is 6.68. The lowest BCUT2D eigenvalue weighted by atomic mass is 10.0. The van der Waals surface area contributed by atoms with Gasteiger partial charge in [0.1, 0.15) is 10.7 Å². The van der Waals surface area contributed by atoms with E-state index in [1.165, 1.54) is 22.5 Å². The Morgan fingerprint density at radius 1 is 1.08 bits per heavy atom. The normalized spacial score (nSPS) is 23.8. The highest BCUT2D eigenvalue weighted by Gasteiger charge is 2.45. The third-order valence-corrected chi connectivity index (χ3v) is 6.84. The van der Waals surface area contributed by atoms with Crippen LogP contribution in [0.2, 0.25) is 0 Å². The first-order valence-corrected chi connectivity index (χ1v) is 9.68. The van der Waals surface area contributed by atoms with E-state index in [1.54, 1.807) is 12.3 Å². The second kappa shape index (κ2) is 6.03. The molecule has 3 heterocycles. The molecule has 2 aliphatic heterocycles. The number of aryl methyl sites for hydroxylation is 1. The number of anilines is 1. The minimum atomic E-state index is -3.79. The number of halogens is 1. The van der Waals surface area contributed by atoms with Crippen LogP contribution in [0, 0.1) is 24.6 Å². The zero-order chi connectivity index (χ0) is 17.6. The van der Waals surface area contributed by atoms with E-state index in [4.69, 9.17) is 0 Å². The smallest absolute Gasteiger partial charge is 0.246 e. The van der Waals surface area contributed by atoms with Gasteiger partial charge in [-0.25, -0.2) is 22.8 Å². The minimum Gasteiger partial charge on any atom is -0.340 e. The molecule has 132 valence electrons. The van der Waals surface area contributed by atoms with E-state index in [1.807, 2.05) is 13.0 Å². The van der Waals surface area contributed by atoms with Gasteiger partial charge in [0.15, 0.2) is 0 Å². The van der Waals surface area contributed by atoms with Crippen LogP contribution in [0.5, 0.6) is 0 Å². The Labute approximate surface area is 146 Å². The highest BCUT2D eigenvalue weighted by molar-refractivity contribution is 7.89. The quantitative estimate of drug-likeness (QED) is 0.831. The first-order valence-electron chi connectivity index (χ1n) is 8.24. The number of hydrogen-bond acceptors (Lipinski definition) is 5. The molecule has 2 aliphatic rings. The summed E-state index contributed by atoms with van der Waals surface area (Å²) in [5.74, 6) is 0.420. The fourth-order valence-corrected chi connectivity index (χ4v) is 5.31. The van der Waals surface area contributed by atoms with E-state index in [0.29, 0.717) is 19.0 Å². The fourth-order valence-electron chi connectivity index (χ4n) is 3.69. The van der Waals surface area contributed by atoms with Gasteiger partial charge in [-0.3, -0.25) is 0 Å². The van der Waals surface area contributed by atoms with Crippen LogP contribution in [0.4, 0.5) is 10.3 Å². The number of fused-ring (bicyclic) bond motifs is 1. The first-order chi connectivity index (χ1) is 11.9. The molecule has 0 amide bonds. The molecule has 1 aromatic carbocycles. The molecule has 0 N–H and O–H groups in total. The maximum Gasteiger partial charge on any atom is 0.246 e. The summed E-state index contributed by atoms with van der Waals surface area (Å²) in [6.07, 6.45) is 1.74. The molecule has 0 aliphatic carbocycles. The van der Waals surface area contributed by atoms with E-state index in [-0.39, 0.29) is 16.7 Å². The Bertz CT molecular complexity index is 891. The molecule has 2 unspecified atom stereocenters. The predicted octanol–water partition coefficient (Wildman–Crippen LogP) is 1.68. The van der Waals surface area contributed by atoms with E-state index in [0.717, 1.165) is 18.8 Å². The van der Waals surface area contributed by atoms with Gasteiger partial charge in [-0.1, -0.05) is 12.1 Å². The molecule has 0 bridgehead atoms. The largest absolute Gasteiger partial charge is 0.340 e. The Morgan fingerprint density at radius 2 is 1.76 bits per heavy atom. The molecule has 2 aromatic rings. The number of benzene rings is 1. The van der Waals surface area contributed by atoms with Crippen molar-refractivity contribution in [3.05, 3.63) is 48.0 Å². The van der Waals surface area contributed by atoms with Gasteiger partial charge in [0, 0.05) is 38.1 Å². The standard InChI is InChI=1S/C17H19FN4O2S/c1-12-6-7-19-17(20-12)21-8-13-10-22(11-14(13)9-21)25(23,24)16-5-3-2-4-15(16)18/h2-7,13-14H,8-11H2,1H3. The zero-order valence-corrected chi connectivity index (χ0v) is 14.7. The summed E-state index contributed by atoms with van der Waals surface area (Å²) in [5.41, 5.74) is 0.908. The van der Waals surface area contributed by atoms with Gasteiger partial charge in [0.25, 0.3) is 0 Å². The number of nitrogens with zero attached hydrogens (tertiary/aromatic N) is 4. The Kier molecular flexibility index (Phi) is 3.96. The maximum absolute atomic E-state index is 13.9. The van der Waals surface area contributed by atoms with Crippen LogP contribution >= 0.6 is 0 Å². The van der Waals surface area contributed by atoms with Gasteiger partial charge in [-0.2, -0.15) is 4.31 Å². The van der Waals surface area contributed by atoms with Crippen molar-refractivity contribution in [1.29, 1.82) is 0 Å². The lowest BCUT2D eigenvalue weighted by Gasteiger charge is -2.21. The highest BCUT2D eigenvalue weighted by Crippen LogP contribution is 2.35. The second-order valence-corrected chi connectivity index (χ2v) is 8.58. The van der Waals surface area contributed by atoms with Crippen molar-refractivity contribution >= 4 is 16.0 Å². The molecule has 2 atom stereocenters. The van der Waals surface area contributed by atoms with Crippen LogP contribution in [-0.2, 0) is 10.0 Å². The molecule has 8 heteroatoms. The minimum absolute atomic E-state index is 0.214. The summed E-state index contributed by atoms with van der Waals surface area (Å²) in [4.78, 5) is 10.6. The molecule has 2 fully saturated rings. The molecular weight excluding hydrogens is 343 g/mol. The lowest BCUT2D eigenvalue weighted by Crippen LogP contribution is -2.34. The highest BCUT2D eigenvalue weighted by atomic mass is 32.2. The van der Waals surface area contributed by atoms with Crippen molar-refractivity contribution in [2.24, 2.45) is 11.8 Å². The van der Waals surface area contributed by atoms with Gasteiger partial charge in [-0.05, 0) is 37.0 Å². The molecule has 6 nitrogen and oxygen atoms in total. The van der Waals surface area contributed by atoms with Crippen LogP contribution in [0.3, 0.4) is 0 Å². The molecule has 0 spiro atoms. The summed E-state index contributed by atoms with van der Waals surface area (Å²) in [6.45, 7) is 4.17. The third kappa shape index (κ3) is 2.89. The third-order valence-electron chi connectivity index (χ3n) is 4.97. The van der Waals surface area contributed by atoms with Gasteiger partial charge in [-0.15, -0.1) is 0 Å². The van der Waals surface area contributed by atoms with Crippen LogP contribution in [-0.4, -0.2) is 48.9 Å². The molecule has 4 rings (SSSR count). The Morgan fingerprint density at radius 3 is 2.40 bits per heavy atom. The molecule has 0 radical (unpaired) electrons. The van der Waals surface area contributed by atoms with Crippen molar-refractivity contribution < 1.29 is 12.8 Å². The summed E-state index contributed by atoms with van der Waals surface area (Å²) in [7, 11) is -3.79. The zero-order valence-electron chi connectivity index (χ0n) is 13.8. The SMILES string of the molecule is Cc1ccnc(N2CC3CN(S(=O)(=O)c4ccccc4F)CC3C2)n1. The maximum atomic E-state index is 13.9. The van der Waals surface area contributed by atoms with Crippen molar-refractivity contribution in [2.75, 3.05) is 31.1 Å². The number of sulfonamides is 1. The molecule has 2 saturated heterocycles. The van der Waals surface area contributed by atoms with Crippen LogP contribution < -0.4 is 4.90 Å². The summed E-state index contributed by atoms with van der Waals surface area (Å²) >= 11 is 0. The van der Waals surface area contributed by atoms with Crippen molar-refractivity contribution in [1.82, 2.24) is 14.3 Å². The lowest BCUT2D eigenvalue weighted by molar-refractivity contribution is 0.447. The summed E-state index contributed by atoms with van der Waals surface area (Å²) in [6, 6.07) is 7.39. The predicted molar refractivity (Wildman–Crippen MR) is 91.1 cm³/mol. The van der Waals surface area contributed by atoms with Crippen molar-refractivity contribution in [3.8, 4) is 0 Å². The van der Waals surface area contributed by atoms with Gasteiger partial charge < -0.3 is 4.90 Å². The van der Waals surface area contributed by atoms with E-state index in [9.17, 15) is 12.8 Å². The molecule has 0 saturated carbocycles. The van der Waals surface area contributed by atoms with E-state index >= 15 is 0 Å². The number of rotatable bonds is 3. The van der Waals surface area contributed by atoms with Crippen molar-refractivity contribution in [2.45, 2.75) is 11.8 Å². The van der Waals surface area contributed by atoms with Gasteiger partial charge in [0.2, 0.25) is 16.0 Å². The van der Waals surface area contributed by atoms with Crippen LogP contribution in [0.1, 0.15) is 5.69 Å². The average molecular weight is 362 g/mol. The first kappa shape index (κ1) is 16.4. The summed E-state index contributed by atoms with van der Waals surface area (Å²) < 4.78 is 40.8. The number of aromatic nitrogens is 2. The Hall–Kier alpha value is -2.06. The van der Waals surface area contributed by atoms with E-state index < -0.39 is 15.8 Å². The van der Waals surface area contributed by atoms with E-state index in [2.05, 4.69) is 14.9 Å². The Balaban J connectivity index is 1.50. The van der Waals surface area contributed by atoms with Gasteiger partial charge >= 0.3 is 0 Å².